The first-order valence-corrected chi connectivity index (χ1v) is 3.93. The van der Waals surface area contributed by atoms with Crippen molar-refractivity contribution in [2.24, 2.45) is 5.73 Å². The summed E-state index contributed by atoms with van der Waals surface area (Å²) in [6.45, 7) is 0. The lowest BCUT2D eigenvalue weighted by molar-refractivity contribution is -0.141. The molecule has 1 aliphatic carbocycles. The van der Waals surface area contributed by atoms with Gasteiger partial charge in [0.05, 0.1) is 7.11 Å². The first-order chi connectivity index (χ1) is 5.75. The number of nitrogens with two attached hydrogens (primary N) is 1. The van der Waals surface area contributed by atoms with Crippen LogP contribution < -0.4 is 5.73 Å². The van der Waals surface area contributed by atoms with E-state index in [2.05, 4.69) is 4.74 Å². The van der Waals surface area contributed by atoms with Gasteiger partial charge in [0.25, 0.3) is 0 Å². The molecule has 0 bridgehead atoms. The number of rotatable bonds is 2. The van der Waals surface area contributed by atoms with Crippen LogP contribution in [0, 0.1) is 0 Å². The molecule has 0 unspecified atom stereocenters. The van der Waals surface area contributed by atoms with Crippen molar-refractivity contribution < 1.29 is 9.53 Å². The Morgan fingerprint density at radius 1 is 1.62 bits per heavy atom. The van der Waals surface area contributed by atoms with Crippen molar-refractivity contribution in [3.63, 3.8) is 0 Å². The Balaban J connectivity index is 0.00000144. The third-order valence-electron chi connectivity index (χ3n) is 1.89. The summed E-state index contributed by atoms with van der Waals surface area (Å²) < 4.78 is 4.54. The lowest BCUT2D eigenvalue weighted by Gasteiger charge is -2.14. The first kappa shape index (κ1) is 12.2. The summed E-state index contributed by atoms with van der Waals surface area (Å²) >= 11 is 0. The maximum absolute atomic E-state index is 11.0. The number of methoxy groups -OCH3 is 1. The second kappa shape index (κ2) is 5.78. The highest BCUT2D eigenvalue weighted by atomic mass is 35.5. The van der Waals surface area contributed by atoms with Crippen molar-refractivity contribution in [3.8, 4) is 0 Å². The van der Waals surface area contributed by atoms with Crippen LogP contribution in [0.4, 0.5) is 0 Å². The summed E-state index contributed by atoms with van der Waals surface area (Å²) in [6.07, 6.45) is 7.66. The number of carbonyl (C=O) groups excluding carboxylic acids is 1. The maximum atomic E-state index is 11.0. The van der Waals surface area contributed by atoms with E-state index in [0.717, 1.165) is 18.4 Å². The molecule has 2 N–H and O–H groups in total. The van der Waals surface area contributed by atoms with Crippen LogP contribution in [0.25, 0.3) is 0 Å². The van der Waals surface area contributed by atoms with Crippen LogP contribution in [0.1, 0.15) is 12.8 Å². The van der Waals surface area contributed by atoms with E-state index in [4.69, 9.17) is 5.73 Å². The normalized spacial score (nSPS) is 16.9. The number of allylic oxidation sites excluding steroid dienone is 3. The lowest BCUT2D eigenvalue weighted by Crippen LogP contribution is -2.33. The van der Waals surface area contributed by atoms with Crippen LogP contribution in [0.15, 0.2) is 23.8 Å². The molecule has 0 aliphatic heterocycles. The Morgan fingerprint density at radius 3 is 2.77 bits per heavy atom. The molecular weight excluding hydrogens is 190 g/mol. The number of carbonyl (C=O) groups is 1. The van der Waals surface area contributed by atoms with Crippen molar-refractivity contribution in [1.29, 1.82) is 0 Å². The summed E-state index contributed by atoms with van der Waals surface area (Å²) in [6, 6.07) is -0.583. The zero-order chi connectivity index (χ0) is 8.97. The van der Waals surface area contributed by atoms with E-state index in [9.17, 15) is 4.79 Å². The zero-order valence-electron chi connectivity index (χ0n) is 7.53. The van der Waals surface area contributed by atoms with Gasteiger partial charge in [0.1, 0.15) is 6.04 Å². The third kappa shape index (κ3) is 3.20. The van der Waals surface area contributed by atoms with E-state index in [1.807, 2.05) is 18.2 Å². The van der Waals surface area contributed by atoms with Gasteiger partial charge >= 0.3 is 5.97 Å². The zero-order valence-corrected chi connectivity index (χ0v) is 8.34. The summed E-state index contributed by atoms with van der Waals surface area (Å²) in [7, 11) is 1.35. The molecule has 1 rings (SSSR count). The van der Waals surface area contributed by atoms with Crippen LogP contribution in [0.5, 0.6) is 0 Å². The highest BCUT2D eigenvalue weighted by molar-refractivity contribution is 5.85. The van der Waals surface area contributed by atoms with Crippen molar-refractivity contribution in [2.75, 3.05) is 7.11 Å². The number of hydrogen-bond acceptors (Lipinski definition) is 3. The molecule has 3 nitrogen and oxygen atoms in total. The predicted octanol–water partition coefficient (Wildman–Crippen LogP) is 1.18. The molecule has 0 saturated carbocycles. The van der Waals surface area contributed by atoms with E-state index in [-0.39, 0.29) is 18.4 Å². The number of halogens is 1. The molecular formula is C9H14ClNO2. The second-order valence-electron chi connectivity index (χ2n) is 2.69. The molecule has 0 amide bonds. The summed E-state index contributed by atoms with van der Waals surface area (Å²) in [5.41, 5.74) is 6.57. The van der Waals surface area contributed by atoms with Crippen molar-refractivity contribution >= 4 is 18.4 Å². The van der Waals surface area contributed by atoms with Crippen LogP contribution in [0.2, 0.25) is 0 Å². The molecule has 0 radical (unpaired) electrons. The van der Waals surface area contributed by atoms with E-state index in [1.165, 1.54) is 7.11 Å². The molecule has 1 atom stereocenters. The van der Waals surface area contributed by atoms with E-state index in [1.54, 1.807) is 0 Å². The highest BCUT2D eigenvalue weighted by Crippen LogP contribution is 2.14. The van der Waals surface area contributed by atoms with Gasteiger partial charge in [-0.25, -0.2) is 0 Å². The molecule has 13 heavy (non-hydrogen) atoms. The van der Waals surface area contributed by atoms with Crippen LogP contribution in [-0.2, 0) is 9.53 Å². The van der Waals surface area contributed by atoms with E-state index in [0.29, 0.717) is 0 Å². The molecule has 4 heteroatoms. The number of esters is 1. The fourth-order valence-corrected chi connectivity index (χ4v) is 1.15. The average molecular weight is 204 g/mol. The average Bonchev–Trinajstić information content (AvgIpc) is 2.17. The van der Waals surface area contributed by atoms with Gasteiger partial charge in [-0.05, 0) is 18.4 Å². The fourth-order valence-electron chi connectivity index (χ4n) is 1.15. The highest BCUT2D eigenvalue weighted by Gasteiger charge is 2.18. The van der Waals surface area contributed by atoms with Crippen molar-refractivity contribution in [1.82, 2.24) is 0 Å². The Bertz CT molecular complexity index is 236. The van der Waals surface area contributed by atoms with Crippen molar-refractivity contribution in [2.45, 2.75) is 18.9 Å². The fraction of sp³-hybridized carbons (Fsp3) is 0.444. The molecule has 74 valence electrons. The van der Waals surface area contributed by atoms with Gasteiger partial charge in [-0.1, -0.05) is 18.2 Å². The van der Waals surface area contributed by atoms with Gasteiger partial charge in [0.2, 0.25) is 0 Å². The van der Waals surface area contributed by atoms with Crippen LogP contribution >= 0.6 is 12.4 Å². The Morgan fingerprint density at radius 2 is 2.31 bits per heavy atom. The van der Waals surface area contributed by atoms with Gasteiger partial charge in [0.15, 0.2) is 0 Å². The van der Waals surface area contributed by atoms with E-state index < -0.39 is 6.04 Å². The maximum Gasteiger partial charge on any atom is 0.326 e. The molecule has 0 aromatic rings. The summed E-state index contributed by atoms with van der Waals surface area (Å²) in [5.74, 6) is -0.364. The topological polar surface area (TPSA) is 52.3 Å². The Hall–Kier alpha value is -0.800. The van der Waals surface area contributed by atoms with Crippen LogP contribution in [-0.4, -0.2) is 19.1 Å². The first-order valence-electron chi connectivity index (χ1n) is 3.93. The predicted molar refractivity (Wildman–Crippen MR) is 53.7 cm³/mol. The number of ether oxygens (including phenoxy) is 1. The smallest absolute Gasteiger partial charge is 0.326 e. The molecule has 0 saturated heterocycles. The van der Waals surface area contributed by atoms with E-state index >= 15 is 0 Å². The van der Waals surface area contributed by atoms with Gasteiger partial charge in [0, 0.05) is 0 Å². The minimum atomic E-state index is -0.583. The molecule has 1 aliphatic rings. The molecule has 0 aromatic carbocycles. The molecule has 0 fully saturated rings. The number of hydrogen-bond donors (Lipinski definition) is 1. The minimum Gasteiger partial charge on any atom is -0.468 e. The lowest BCUT2D eigenvalue weighted by atomic mass is 9.99. The van der Waals surface area contributed by atoms with Gasteiger partial charge in [-0.3, -0.25) is 4.79 Å². The standard InChI is InChI=1S/C9H13NO2.ClH/c1-12-9(11)8(10)7-5-3-2-4-6-7;/h2-3,6,8H,4-5,10H2,1H3;1H/t8-;/m1./s1. The summed E-state index contributed by atoms with van der Waals surface area (Å²) in [5, 5.41) is 0. The minimum absolute atomic E-state index is 0. The quantitative estimate of drug-likeness (QED) is 0.542. The van der Waals surface area contributed by atoms with Gasteiger partial charge in [-0.2, -0.15) is 0 Å². The Kier molecular flexibility index (Phi) is 5.42. The molecule has 0 heterocycles. The monoisotopic (exact) mass is 203 g/mol. The largest absolute Gasteiger partial charge is 0.468 e. The summed E-state index contributed by atoms with van der Waals surface area (Å²) in [4.78, 5) is 11.0. The molecule has 0 aromatic heterocycles. The van der Waals surface area contributed by atoms with Crippen LogP contribution in [0.3, 0.4) is 0 Å². The third-order valence-corrected chi connectivity index (χ3v) is 1.89. The SMILES string of the molecule is COC(=O)[C@H](N)C1=CCC=CC1.Cl. The molecule has 0 spiro atoms. The Labute approximate surface area is 84.0 Å². The van der Waals surface area contributed by atoms with Crippen molar-refractivity contribution in [3.05, 3.63) is 23.8 Å². The van der Waals surface area contributed by atoms with Gasteiger partial charge in [-0.15, -0.1) is 12.4 Å². The van der Waals surface area contributed by atoms with Gasteiger partial charge < -0.3 is 10.5 Å². The second-order valence-corrected chi connectivity index (χ2v) is 2.69.